The van der Waals surface area contributed by atoms with E-state index in [0.29, 0.717) is 5.88 Å². The lowest BCUT2D eigenvalue weighted by Crippen LogP contribution is -2.34. The Morgan fingerprint density at radius 3 is 2.75 bits per heavy atom. The molecule has 0 aliphatic carbocycles. The SMILES string of the molecule is COc1ccc2nnc(C3CCN(c4nc(C)nc5ncccc45)CC3)n2n1. The molecule has 142 valence electrons. The van der Waals surface area contributed by atoms with Crippen LogP contribution in [0.2, 0.25) is 0 Å². The number of methoxy groups -OCH3 is 1. The molecule has 1 aliphatic heterocycles. The minimum Gasteiger partial charge on any atom is -0.480 e. The van der Waals surface area contributed by atoms with Crippen LogP contribution in [0, 0.1) is 6.92 Å². The summed E-state index contributed by atoms with van der Waals surface area (Å²) in [7, 11) is 1.61. The number of fused-ring (bicyclic) bond motifs is 2. The lowest BCUT2D eigenvalue weighted by Gasteiger charge is -2.32. The Bertz CT molecular complexity index is 1150. The van der Waals surface area contributed by atoms with Gasteiger partial charge in [0.1, 0.15) is 11.6 Å². The average Bonchev–Trinajstić information content (AvgIpc) is 3.16. The summed E-state index contributed by atoms with van der Waals surface area (Å²) < 4.78 is 7.04. The average molecular weight is 376 g/mol. The fraction of sp³-hybridized carbons (Fsp3) is 0.368. The standard InChI is InChI=1S/C19H20N8O/c1-12-21-17-14(4-3-9-20-17)19(22-12)26-10-7-13(8-11-26)18-24-23-15-5-6-16(28-2)25-27(15)18/h3-6,9,13H,7-8,10-11H2,1-2H3. The number of aromatic nitrogens is 7. The summed E-state index contributed by atoms with van der Waals surface area (Å²) in [4.78, 5) is 15.8. The molecule has 0 saturated carbocycles. The first-order valence-electron chi connectivity index (χ1n) is 9.33. The number of anilines is 1. The van der Waals surface area contributed by atoms with E-state index in [2.05, 4.69) is 30.2 Å². The third kappa shape index (κ3) is 2.79. The monoisotopic (exact) mass is 376 g/mol. The highest BCUT2D eigenvalue weighted by Crippen LogP contribution is 2.31. The molecule has 1 saturated heterocycles. The van der Waals surface area contributed by atoms with Crippen LogP contribution in [0.1, 0.15) is 30.4 Å². The van der Waals surface area contributed by atoms with Crippen LogP contribution in [0.3, 0.4) is 0 Å². The fourth-order valence-electron chi connectivity index (χ4n) is 3.79. The summed E-state index contributed by atoms with van der Waals surface area (Å²) in [6.07, 6.45) is 3.66. The van der Waals surface area contributed by atoms with E-state index in [-0.39, 0.29) is 5.92 Å². The number of aryl methyl sites for hydroxylation is 1. The molecule has 0 N–H and O–H groups in total. The Morgan fingerprint density at radius 2 is 1.93 bits per heavy atom. The largest absolute Gasteiger partial charge is 0.480 e. The van der Waals surface area contributed by atoms with Crippen molar-refractivity contribution in [3.05, 3.63) is 42.1 Å². The Balaban J connectivity index is 1.42. The van der Waals surface area contributed by atoms with Crippen molar-refractivity contribution in [3.8, 4) is 5.88 Å². The quantitative estimate of drug-likeness (QED) is 0.537. The zero-order valence-corrected chi connectivity index (χ0v) is 15.8. The molecule has 4 aromatic rings. The molecular formula is C19H20N8O. The maximum Gasteiger partial charge on any atom is 0.231 e. The summed E-state index contributed by atoms with van der Waals surface area (Å²) in [6.45, 7) is 3.67. The minimum atomic E-state index is 0.290. The van der Waals surface area contributed by atoms with Gasteiger partial charge in [-0.2, -0.15) is 4.52 Å². The molecule has 9 nitrogen and oxygen atoms in total. The van der Waals surface area contributed by atoms with Gasteiger partial charge in [-0.15, -0.1) is 15.3 Å². The molecule has 1 aliphatic rings. The summed E-state index contributed by atoms with van der Waals surface area (Å²) >= 11 is 0. The van der Waals surface area contributed by atoms with E-state index in [1.54, 1.807) is 23.9 Å². The van der Waals surface area contributed by atoms with E-state index >= 15 is 0 Å². The van der Waals surface area contributed by atoms with Gasteiger partial charge in [-0.1, -0.05) is 0 Å². The lowest BCUT2D eigenvalue weighted by atomic mass is 9.96. The molecule has 0 spiro atoms. The van der Waals surface area contributed by atoms with Gasteiger partial charge in [0.25, 0.3) is 0 Å². The number of pyridine rings is 1. The number of nitrogens with zero attached hydrogens (tertiary/aromatic N) is 8. The highest BCUT2D eigenvalue weighted by Gasteiger charge is 2.27. The van der Waals surface area contributed by atoms with E-state index in [1.807, 2.05) is 25.1 Å². The molecule has 0 aromatic carbocycles. The van der Waals surface area contributed by atoms with E-state index in [1.165, 1.54) is 0 Å². The van der Waals surface area contributed by atoms with Gasteiger partial charge in [-0.05, 0) is 38.0 Å². The number of piperidine rings is 1. The van der Waals surface area contributed by atoms with Gasteiger partial charge in [-0.25, -0.2) is 15.0 Å². The van der Waals surface area contributed by atoms with Crippen LogP contribution in [0.25, 0.3) is 16.7 Å². The first-order chi connectivity index (χ1) is 13.7. The smallest absolute Gasteiger partial charge is 0.231 e. The van der Waals surface area contributed by atoms with Crippen LogP contribution >= 0.6 is 0 Å². The molecule has 0 bridgehead atoms. The zero-order valence-electron chi connectivity index (χ0n) is 15.8. The van der Waals surface area contributed by atoms with Gasteiger partial charge in [-0.3, -0.25) is 0 Å². The van der Waals surface area contributed by atoms with E-state index in [0.717, 1.165) is 60.1 Å². The van der Waals surface area contributed by atoms with Gasteiger partial charge >= 0.3 is 0 Å². The Hall–Kier alpha value is -3.36. The van der Waals surface area contributed by atoms with Crippen molar-refractivity contribution in [1.82, 2.24) is 34.8 Å². The van der Waals surface area contributed by atoms with Crippen LogP contribution in [0.4, 0.5) is 5.82 Å². The molecule has 0 amide bonds. The molecule has 5 rings (SSSR count). The highest BCUT2D eigenvalue weighted by atomic mass is 16.5. The van der Waals surface area contributed by atoms with Gasteiger partial charge < -0.3 is 9.64 Å². The molecule has 0 unspecified atom stereocenters. The second kappa shape index (κ2) is 6.66. The summed E-state index contributed by atoms with van der Waals surface area (Å²) in [5.74, 6) is 3.43. The Morgan fingerprint density at radius 1 is 1.07 bits per heavy atom. The summed E-state index contributed by atoms with van der Waals surface area (Å²) in [5.41, 5.74) is 1.48. The van der Waals surface area contributed by atoms with Gasteiger partial charge in [0.15, 0.2) is 17.1 Å². The lowest BCUT2D eigenvalue weighted by molar-refractivity contribution is 0.387. The van der Waals surface area contributed by atoms with Crippen LogP contribution < -0.4 is 9.64 Å². The first kappa shape index (κ1) is 16.8. The fourth-order valence-corrected chi connectivity index (χ4v) is 3.79. The van der Waals surface area contributed by atoms with E-state index in [9.17, 15) is 0 Å². The van der Waals surface area contributed by atoms with Gasteiger partial charge in [0, 0.05) is 31.3 Å². The first-order valence-corrected chi connectivity index (χ1v) is 9.33. The van der Waals surface area contributed by atoms with E-state index in [4.69, 9.17) is 9.72 Å². The topological polar surface area (TPSA) is 94.2 Å². The molecule has 0 radical (unpaired) electrons. The number of hydrogen-bond acceptors (Lipinski definition) is 8. The van der Waals surface area contributed by atoms with Crippen molar-refractivity contribution in [1.29, 1.82) is 0 Å². The Kier molecular flexibility index (Phi) is 4.00. The van der Waals surface area contributed by atoms with Crippen LogP contribution in [0.5, 0.6) is 5.88 Å². The third-order valence-electron chi connectivity index (χ3n) is 5.19. The van der Waals surface area contributed by atoms with Crippen LogP contribution in [-0.2, 0) is 0 Å². The molecule has 28 heavy (non-hydrogen) atoms. The second-order valence-corrected chi connectivity index (χ2v) is 6.93. The highest BCUT2D eigenvalue weighted by molar-refractivity contribution is 5.86. The summed E-state index contributed by atoms with van der Waals surface area (Å²) in [6, 6.07) is 7.64. The number of hydrogen-bond donors (Lipinski definition) is 0. The van der Waals surface area contributed by atoms with Crippen molar-refractivity contribution in [2.75, 3.05) is 25.1 Å². The molecule has 5 heterocycles. The van der Waals surface area contributed by atoms with Crippen molar-refractivity contribution in [2.24, 2.45) is 0 Å². The van der Waals surface area contributed by atoms with Crippen molar-refractivity contribution in [3.63, 3.8) is 0 Å². The van der Waals surface area contributed by atoms with Gasteiger partial charge in [0.2, 0.25) is 5.88 Å². The van der Waals surface area contributed by atoms with Crippen molar-refractivity contribution in [2.45, 2.75) is 25.7 Å². The molecule has 4 aromatic heterocycles. The molecular weight excluding hydrogens is 356 g/mol. The normalized spacial score (nSPS) is 15.4. The Labute approximate surface area is 161 Å². The van der Waals surface area contributed by atoms with Crippen LogP contribution in [0.15, 0.2) is 30.5 Å². The van der Waals surface area contributed by atoms with Crippen LogP contribution in [-0.4, -0.2) is 55.0 Å². The zero-order chi connectivity index (χ0) is 19.1. The number of ether oxygens (including phenoxy) is 1. The molecule has 1 fully saturated rings. The maximum atomic E-state index is 5.25. The van der Waals surface area contributed by atoms with E-state index < -0.39 is 0 Å². The molecule has 0 atom stereocenters. The third-order valence-corrected chi connectivity index (χ3v) is 5.19. The minimum absolute atomic E-state index is 0.290. The predicted octanol–water partition coefficient (Wildman–Crippen LogP) is 2.16. The number of rotatable bonds is 3. The second-order valence-electron chi connectivity index (χ2n) is 6.93. The van der Waals surface area contributed by atoms with Crippen molar-refractivity contribution >= 4 is 22.5 Å². The van der Waals surface area contributed by atoms with Gasteiger partial charge in [0.05, 0.1) is 12.5 Å². The predicted molar refractivity (Wildman–Crippen MR) is 104 cm³/mol. The summed E-state index contributed by atoms with van der Waals surface area (Å²) in [5, 5.41) is 14.1. The molecule has 9 heteroatoms. The van der Waals surface area contributed by atoms with Crippen molar-refractivity contribution < 1.29 is 4.74 Å². The maximum absolute atomic E-state index is 5.25.